The number of fused-ring (bicyclic) bond motifs is 1. The Morgan fingerprint density at radius 3 is 2.70 bits per heavy atom. The van der Waals surface area contributed by atoms with E-state index in [2.05, 4.69) is 10.6 Å². The first-order valence-corrected chi connectivity index (χ1v) is 8.71. The number of rotatable bonds is 5. The zero-order valence-corrected chi connectivity index (χ0v) is 14.0. The average molecular weight is 328 g/mol. The highest BCUT2D eigenvalue weighted by Crippen LogP contribution is 2.39. The van der Waals surface area contributed by atoms with Crippen LogP contribution < -0.4 is 10.6 Å². The van der Waals surface area contributed by atoms with Gasteiger partial charge in [-0.1, -0.05) is 30.3 Å². The fourth-order valence-corrected chi connectivity index (χ4v) is 4.25. The van der Waals surface area contributed by atoms with Crippen LogP contribution in [0.5, 0.6) is 0 Å². The summed E-state index contributed by atoms with van der Waals surface area (Å²) in [4.78, 5) is 25.6. The van der Waals surface area contributed by atoms with E-state index in [4.69, 9.17) is 0 Å². The van der Waals surface area contributed by atoms with Crippen LogP contribution in [0.4, 0.5) is 5.00 Å². The molecule has 0 saturated carbocycles. The minimum Gasteiger partial charge on any atom is -0.355 e. The monoisotopic (exact) mass is 328 g/mol. The highest BCUT2D eigenvalue weighted by Gasteiger charge is 2.26. The van der Waals surface area contributed by atoms with Crippen LogP contribution in [0.25, 0.3) is 0 Å². The molecule has 1 aliphatic carbocycles. The van der Waals surface area contributed by atoms with E-state index < -0.39 is 0 Å². The summed E-state index contributed by atoms with van der Waals surface area (Å²) in [5.74, 6) is -0.151. The second-order valence-electron chi connectivity index (χ2n) is 5.67. The summed E-state index contributed by atoms with van der Waals surface area (Å²) >= 11 is 1.55. The fourth-order valence-electron chi connectivity index (χ4n) is 2.95. The molecule has 23 heavy (non-hydrogen) atoms. The third-order valence-electron chi connectivity index (χ3n) is 4.11. The number of carbonyl (C=O) groups is 2. The molecule has 5 heteroatoms. The number of nitrogens with one attached hydrogen (secondary N) is 2. The van der Waals surface area contributed by atoms with Gasteiger partial charge in [0.1, 0.15) is 5.00 Å². The van der Waals surface area contributed by atoms with Crippen molar-refractivity contribution in [1.82, 2.24) is 5.32 Å². The summed E-state index contributed by atoms with van der Waals surface area (Å²) in [7, 11) is 1.63. The topological polar surface area (TPSA) is 58.2 Å². The van der Waals surface area contributed by atoms with Gasteiger partial charge in [0, 0.05) is 18.3 Å². The first-order chi connectivity index (χ1) is 11.2. The van der Waals surface area contributed by atoms with E-state index in [1.165, 1.54) is 4.88 Å². The molecule has 2 aromatic rings. The molecule has 2 amide bonds. The quantitative estimate of drug-likeness (QED) is 0.886. The fraction of sp³-hybridized carbons (Fsp3) is 0.333. The highest BCUT2D eigenvalue weighted by atomic mass is 32.1. The van der Waals surface area contributed by atoms with Gasteiger partial charge in [-0.05, 0) is 36.8 Å². The number of hydrogen-bond acceptors (Lipinski definition) is 3. The Labute approximate surface area is 139 Å². The lowest BCUT2D eigenvalue weighted by atomic mass is 10.1. The van der Waals surface area contributed by atoms with Crippen LogP contribution in [0.3, 0.4) is 0 Å². The molecular weight excluding hydrogens is 308 g/mol. The van der Waals surface area contributed by atoms with Crippen molar-refractivity contribution in [3.05, 3.63) is 51.9 Å². The Morgan fingerprint density at radius 2 is 1.96 bits per heavy atom. The molecule has 1 aromatic carbocycles. The van der Waals surface area contributed by atoms with Gasteiger partial charge in [-0.25, -0.2) is 0 Å². The molecule has 120 valence electrons. The van der Waals surface area contributed by atoms with Crippen molar-refractivity contribution < 1.29 is 9.59 Å². The maximum absolute atomic E-state index is 12.2. The van der Waals surface area contributed by atoms with Crippen LogP contribution in [0, 0.1) is 0 Å². The maximum atomic E-state index is 12.2. The molecule has 0 saturated heterocycles. The van der Waals surface area contributed by atoms with Gasteiger partial charge in [0.15, 0.2) is 0 Å². The van der Waals surface area contributed by atoms with Gasteiger partial charge in [-0.3, -0.25) is 9.59 Å². The number of anilines is 1. The van der Waals surface area contributed by atoms with Gasteiger partial charge in [0.05, 0.1) is 5.56 Å². The molecule has 4 nitrogen and oxygen atoms in total. The van der Waals surface area contributed by atoms with Gasteiger partial charge >= 0.3 is 0 Å². The molecule has 0 bridgehead atoms. The molecule has 0 aliphatic heterocycles. The normalized spacial score (nSPS) is 12.7. The molecule has 3 rings (SSSR count). The van der Waals surface area contributed by atoms with Crippen LogP contribution in [-0.4, -0.2) is 18.9 Å². The second kappa shape index (κ2) is 6.96. The molecule has 1 aromatic heterocycles. The molecule has 1 heterocycles. The summed E-state index contributed by atoms with van der Waals surface area (Å²) in [6.45, 7) is 0. The highest BCUT2D eigenvalue weighted by molar-refractivity contribution is 7.17. The predicted molar refractivity (Wildman–Crippen MR) is 93.1 cm³/mol. The Kier molecular flexibility index (Phi) is 4.76. The second-order valence-corrected chi connectivity index (χ2v) is 6.78. The van der Waals surface area contributed by atoms with E-state index in [9.17, 15) is 9.59 Å². The van der Waals surface area contributed by atoms with Crippen molar-refractivity contribution in [2.45, 2.75) is 32.1 Å². The van der Waals surface area contributed by atoms with Crippen molar-refractivity contribution in [3.8, 4) is 0 Å². The standard InChI is InChI=1S/C18H20N2O2S/c1-19-17(22)16-13-8-5-9-14(13)23-18(16)20-15(21)11-10-12-6-3-2-4-7-12/h2-4,6-7H,5,8-11H2,1H3,(H,19,22)(H,20,21). The Hall–Kier alpha value is -2.14. The zero-order chi connectivity index (χ0) is 16.2. The van der Waals surface area contributed by atoms with Crippen molar-refractivity contribution in [3.63, 3.8) is 0 Å². The lowest BCUT2D eigenvalue weighted by molar-refractivity contribution is -0.116. The molecular formula is C18H20N2O2S. The SMILES string of the molecule is CNC(=O)c1c(NC(=O)CCc2ccccc2)sc2c1CCC2. The largest absolute Gasteiger partial charge is 0.355 e. The third kappa shape index (κ3) is 3.45. The number of thiophene rings is 1. The van der Waals surface area contributed by atoms with E-state index in [-0.39, 0.29) is 11.8 Å². The van der Waals surface area contributed by atoms with E-state index in [0.29, 0.717) is 23.4 Å². The van der Waals surface area contributed by atoms with Crippen LogP contribution in [0.1, 0.15) is 39.2 Å². The summed E-state index contributed by atoms with van der Waals surface area (Å²) < 4.78 is 0. The Bertz CT molecular complexity index is 722. The van der Waals surface area contributed by atoms with Gasteiger partial charge in [0.25, 0.3) is 5.91 Å². The lowest BCUT2D eigenvalue weighted by Gasteiger charge is -2.07. The van der Waals surface area contributed by atoms with E-state index in [0.717, 1.165) is 30.4 Å². The first kappa shape index (κ1) is 15.7. The van der Waals surface area contributed by atoms with Crippen LogP contribution in [-0.2, 0) is 24.1 Å². The van der Waals surface area contributed by atoms with Crippen LogP contribution in [0.2, 0.25) is 0 Å². The molecule has 0 spiro atoms. The smallest absolute Gasteiger partial charge is 0.254 e. The molecule has 0 unspecified atom stereocenters. The minimum absolute atomic E-state index is 0.0427. The lowest BCUT2D eigenvalue weighted by Crippen LogP contribution is -2.21. The number of hydrogen-bond donors (Lipinski definition) is 2. The summed E-state index contributed by atoms with van der Waals surface area (Å²) in [6, 6.07) is 9.94. The van der Waals surface area contributed by atoms with Crippen LogP contribution in [0.15, 0.2) is 30.3 Å². The first-order valence-electron chi connectivity index (χ1n) is 7.89. The van der Waals surface area contributed by atoms with Gasteiger partial charge in [-0.15, -0.1) is 11.3 Å². The number of carbonyl (C=O) groups excluding carboxylic acids is 2. The average Bonchev–Trinajstić information content (AvgIpc) is 3.14. The van der Waals surface area contributed by atoms with Crippen molar-refractivity contribution >= 4 is 28.2 Å². The van der Waals surface area contributed by atoms with Crippen molar-refractivity contribution in [1.29, 1.82) is 0 Å². The number of amides is 2. The van der Waals surface area contributed by atoms with Gasteiger partial charge in [0.2, 0.25) is 5.91 Å². The van der Waals surface area contributed by atoms with Gasteiger partial charge in [-0.2, -0.15) is 0 Å². The van der Waals surface area contributed by atoms with E-state index >= 15 is 0 Å². The van der Waals surface area contributed by atoms with Crippen molar-refractivity contribution in [2.24, 2.45) is 0 Å². The summed E-state index contributed by atoms with van der Waals surface area (Å²) in [5.41, 5.74) is 2.92. The predicted octanol–water partition coefficient (Wildman–Crippen LogP) is 3.17. The molecule has 0 atom stereocenters. The van der Waals surface area contributed by atoms with E-state index in [1.54, 1.807) is 18.4 Å². The number of benzene rings is 1. The van der Waals surface area contributed by atoms with Crippen LogP contribution >= 0.6 is 11.3 Å². The minimum atomic E-state index is -0.109. The zero-order valence-electron chi connectivity index (χ0n) is 13.1. The third-order valence-corrected chi connectivity index (χ3v) is 5.32. The molecule has 1 aliphatic rings. The Morgan fingerprint density at radius 1 is 1.17 bits per heavy atom. The van der Waals surface area contributed by atoms with E-state index in [1.807, 2.05) is 30.3 Å². The van der Waals surface area contributed by atoms with Gasteiger partial charge < -0.3 is 10.6 Å². The van der Waals surface area contributed by atoms with Crippen molar-refractivity contribution in [2.75, 3.05) is 12.4 Å². The molecule has 0 fully saturated rings. The molecule has 2 N–H and O–H groups in total. The Balaban J connectivity index is 1.70. The summed E-state index contributed by atoms with van der Waals surface area (Å²) in [6.07, 6.45) is 4.14. The molecule has 0 radical (unpaired) electrons. The summed E-state index contributed by atoms with van der Waals surface area (Å²) in [5, 5.41) is 6.33. The maximum Gasteiger partial charge on any atom is 0.254 e. The number of aryl methyl sites for hydroxylation is 2.